The molecule has 3 rings (SSSR count). The summed E-state index contributed by atoms with van der Waals surface area (Å²) in [7, 11) is -2.77. The van der Waals surface area contributed by atoms with E-state index >= 15 is 0 Å². The third-order valence-corrected chi connectivity index (χ3v) is 6.60. The third kappa shape index (κ3) is 4.05. The standard InChI is InChI=1S/C18H25N3O2S/c1-14(20-13-16-7-11-24(22,23)12-8-16)17-3-5-18(6-4-17)21-10-9-19-15(21)2/h3-6,9-10,14,16,20H,7-8,11-13H2,1-2H3/t14-/m0/s1. The molecule has 2 aromatic rings. The number of benzene rings is 1. The van der Waals surface area contributed by atoms with Gasteiger partial charge in [0.1, 0.15) is 15.7 Å². The lowest BCUT2D eigenvalue weighted by atomic mass is 10.0. The molecular weight excluding hydrogens is 322 g/mol. The smallest absolute Gasteiger partial charge is 0.150 e. The molecule has 6 heteroatoms. The summed E-state index contributed by atoms with van der Waals surface area (Å²) in [6.45, 7) is 5.01. The highest BCUT2D eigenvalue weighted by Gasteiger charge is 2.23. The molecule has 0 aliphatic carbocycles. The lowest BCUT2D eigenvalue weighted by molar-refractivity contribution is 0.410. The number of sulfone groups is 1. The van der Waals surface area contributed by atoms with Gasteiger partial charge in [-0.3, -0.25) is 0 Å². The highest BCUT2D eigenvalue weighted by molar-refractivity contribution is 7.91. The van der Waals surface area contributed by atoms with E-state index in [1.54, 1.807) is 6.20 Å². The van der Waals surface area contributed by atoms with Crippen LogP contribution in [-0.4, -0.2) is 36.0 Å². The SMILES string of the molecule is Cc1nccn1-c1ccc([C@H](C)NCC2CCS(=O)(=O)CC2)cc1. The van der Waals surface area contributed by atoms with Gasteiger partial charge in [0.15, 0.2) is 0 Å². The van der Waals surface area contributed by atoms with E-state index in [4.69, 9.17) is 0 Å². The van der Waals surface area contributed by atoms with Crippen LogP contribution in [-0.2, 0) is 9.84 Å². The van der Waals surface area contributed by atoms with Crippen LogP contribution >= 0.6 is 0 Å². The van der Waals surface area contributed by atoms with Gasteiger partial charge in [-0.2, -0.15) is 0 Å². The molecule has 1 fully saturated rings. The van der Waals surface area contributed by atoms with Crippen molar-refractivity contribution < 1.29 is 8.42 Å². The minimum atomic E-state index is -2.77. The fourth-order valence-corrected chi connectivity index (χ4v) is 4.77. The van der Waals surface area contributed by atoms with Crippen LogP contribution in [0.1, 0.15) is 37.2 Å². The Morgan fingerprint density at radius 3 is 2.50 bits per heavy atom. The zero-order valence-corrected chi connectivity index (χ0v) is 15.1. The number of imidazole rings is 1. The fraction of sp³-hybridized carbons (Fsp3) is 0.500. The van der Waals surface area contributed by atoms with E-state index in [1.807, 2.05) is 13.1 Å². The van der Waals surface area contributed by atoms with Gasteiger partial charge in [-0.15, -0.1) is 0 Å². The lowest BCUT2D eigenvalue weighted by Crippen LogP contribution is -2.32. The van der Waals surface area contributed by atoms with E-state index in [0.29, 0.717) is 17.4 Å². The molecule has 0 radical (unpaired) electrons. The Labute approximate surface area is 144 Å². The Morgan fingerprint density at radius 1 is 1.25 bits per heavy atom. The summed E-state index contributed by atoms with van der Waals surface area (Å²) in [5, 5.41) is 3.55. The van der Waals surface area contributed by atoms with Gasteiger partial charge >= 0.3 is 0 Å². The number of aryl methyl sites for hydroxylation is 1. The summed E-state index contributed by atoms with van der Waals surface area (Å²) in [6, 6.07) is 8.74. The number of hydrogen-bond acceptors (Lipinski definition) is 4. The minimum absolute atomic E-state index is 0.251. The molecule has 2 heterocycles. The Kier molecular flexibility index (Phi) is 5.06. The average Bonchev–Trinajstić information content (AvgIpc) is 3.00. The van der Waals surface area contributed by atoms with Crippen LogP contribution in [0.4, 0.5) is 0 Å². The summed E-state index contributed by atoms with van der Waals surface area (Å²) in [6.07, 6.45) is 5.32. The summed E-state index contributed by atoms with van der Waals surface area (Å²) < 4.78 is 25.0. The van der Waals surface area contributed by atoms with Crippen LogP contribution in [0.3, 0.4) is 0 Å². The number of nitrogens with zero attached hydrogens (tertiary/aromatic N) is 2. The predicted octanol–water partition coefficient (Wildman–Crippen LogP) is 2.66. The Balaban J connectivity index is 1.56. The molecular formula is C18H25N3O2S. The van der Waals surface area contributed by atoms with Crippen molar-refractivity contribution in [3.05, 3.63) is 48.0 Å². The van der Waals surface area contributed by atoms with E-state index < -0.39 is 9.84 Å². The second-order valence-electron chi connectivity index (χ2n) is 6.66. The van der Waals surface area contributed by atoms with Crippen molar-refractivity contribution in [1.29, 1.82) is 0 Å². The monoisotopic (exact) mass is 347 g/mol. The molecule has 1 aromatic carbocycles. The van der Waals surface area contributed by atoms with Gasteiger partial charge in [0.25, 0.3) is 0 Å². The second kappa shape index (κ2) is 7.07. The van der Waals surface area contributed by atoms with Crippen molar-refractivity contribution in [2.45, 2.75) is 32.7 Å². The second-order valence-corrected chi connectivity index (χ2v) is 8.96. The summed E-state index contributed by atoms with van der Waals surface area (Å²) in [5.74, 6) is 2.12. The molecule has 1 N–H and O–H groups in total. The van der Waals surface area contributed by atoms with Crippen LogP contribution in [0.25, 0.3) is 5.69 Å². The molecule has 0 bridgehead atoms. The average molecular weight is 347 g/mol. The van der Waals surface area contributed by atoms with Crippen molar-refractivity contribution in [1.82, 2.24) is 14.9 Å². The predicted molar refractivity (Wildman–Crippen MR) is 96.1 cm³/mol. The molecule has 0 unspecified atom stereocenters. The summed E-state index contributed by atoms with van der Waals surface area (Å²) in [5.41, 5.74) is 2.35. The topological polar surface area (TPSA) is 64.0 Å². The number of aromatic nitrogens is 2. The Morgan fingerprint density at radius 2 is 1.92 bits per heavy atom. The molecule has 5 nitrogen and oxygen atoms in total. The first-order valence-corrected chi connectivity index (χ1v) is 10.3. The minimum Gasteiger partial charge on any atom is -0.310 e. The van der Waals surface area contributed by atoms with Crippen molar-refractivity contribution in [2.75, 3.05) is 18.1 Å². The van der Waals surface area contributed by atoms with E-state index in [1.165, 1.54) is 5.56 Å². The van der Waals surface area contributed by atoms with Crippen molar-refractivity contribution >= 4 is 9.84 Å². The van der Waals surface area contributed by atoms with Crippen LogP contribution in [0.2, 0.25) is 0 Å². The molecule has 0 amide bonds. The van der Waals surface area contributed by atoms with Gasteiger partial charge in [0.2, 0.25) is 0 Å². The van der Waals surface area contributed by atoms with Gasteiger partial charge in [0.05, 0.1) is 11.5 Å². The van der Waals surface area contributed by atoms with Crippen LogP contribution < -0.4 is 5.32 Å². The first-order valence-electron chi connectivity index (χ1n) is 8.49. The molecule has 0 spiro atoms. The molecule has 1 aromatic heterocycles. The molecule has 130 valence electrons. The van der Waals surface area contributed by atoms with Gasteiger partial charge in [-0.1, -0.05) is 12.1 Å². The van der Waals surface area contributed by atoms with E-state index in [-0.39, 0.29) is 6.04 Å². The zero-order chi connectivity index (χ0) is 17.2. The van der Waals surface area contributed by atoms with Crippen molar-refractivity contribution in [3.8, 4) is 5.69 Å². The first-order chi connectivity index (χ1) is 11.4. The van der Waals surface area contributed by atoms with E-state index in [2.05, 4.69) is 46.1 Å². The summed E-state index contributed by atoms with van der Waals surface area (Å²) in [4.78, 5) is 4.25. The maximum absolute atomic E-state index is 11.5. The van der Waals surface area contributed by atoms with Gasteiger partial charge in [0, 0.05) is 24.1 Å². The number of nitrogens with one attached hydrogen (secondary N) is 1. The van der Waals surface area contributed by atoms with E-state index in [0.717, 1.165) is 30.9 Å². The normalized spacial score (nSPS) is 19.2. The van der Waals surface area contributed by atoms with Crippen LogP contribution in [0.15, 0.2) is 36.7 Å². The maximum atomic E-state index is 11.5. The number of hydrogen-bond donors (Lipinski definition) is 1. The molecule has 1 saturated heterocycles. The van der Waals surface area contributed by atoms with Gasteiger partial charge in [-0.25, -0.2) is 13.4 Å². The fourth-order valence-electron chi connectivity index (χ4n) is 3.18. The highest BCUT2D eigenvalue weighted by atomic mass is 32.2. The largest absolute Gasteiger partial charge is 0.310 e. The Bertz CT molecular complexity index is 767. The van der Waals surface area contributed by atoms with Gasteiger partial charge < -0.3 is 9.88 Å². The van der Waals surface area contributed by atoms with Crippen LogP contribution in [0.5, 0.6) is 0 Å². The summed E-state index contributed by atoms with van der Waals surface area (Å²) >= 11 is 0. The van der Waals surface area contributed by atoms with Crippen molar-refractivity contribution in [3.63, 3.8) is 0 Å². The van der Waals surface area contributed by atoms with E-state index in [9.17, 15) is 8.42 Å². The van der Waals surface area contributed by atoms with Gasteiger partial charge in [-0.05, 0) is 56.8 Å². The van der Waals surface area contributed by atoms with Crippen molar-refractivity contribution in [2.24, 2.45) is 5.92 Å². The van der Waals surface area contributed by atoms with Crippen LogP contribution in [0, 0.1) is 12.8 Å². The zero-order valence-electron chi connectivity index (χ0n) is 14.3. The molecule has 1 atom stereocenters. The maximum Gasteiger partial charge on any atom is 0.150 e. The molecule has 1 aliphatic rings. The molecule has 24 heavy (non-hydrogen) atoms. The lowest BCUT2D eigenvalue weighted by Gasteiger charge is -2.24. The number of rotatable bonds is 5. The molecule has 0 saturated carbocycles. The first kappa shape index (κ1) is 17.2. The quantitative estimate of drug-likeness (QED) is 0.903. The Hall–Kier alpha value is -1.66. The highest BCUT2D eigenvalue weighted by Crippen LogP contribution is 2.21. The molecule has 1 aliphatic heterocycles. The third-order valence-electron chi connectivity index (χ3n) is 4.88.